The molecule has 0 saturated heterocycles. The summed E-state index contributed by atoms with van der Waals surface area (Å²) in [6, 6.07) is 2.26. The molecule has 2 aromatic heterocycles. The molecule has 0 amide bonds. The van der Waals surface area contributed by atoms with Gasteiger partial charge in [0.15, 0.2) is 0 Å². The Morgan fingerprint density at radius 1 is 1.23 bits per heavy atom. The molecule has 2 heterocycles. The molecular weight excluding hydrogens is 294 g/mol. The van der Waals surface area contributed by atoms with Crippen LogP contribution in [0.15, 0.2) is 10.5 Å². The van der Waals surface area contributed by atoms with Gasteiger partial charge in [-0.2, -0.15) is 0 Å². The van der Waals surface area contributed by atoms with Gasteiger partial charge < -0.3 is 4.42 Å². The van der Waals surface area contributed by atoms with E-state index in [1.54, 1.807) is 0 Å². The number of nitrogens with zero attached hydrogens (tertiary/aromatic N) is 3. The van der Waals surface area contributed by atoms with Crippen LogP contribution in [0.25, 0.3) is 10.8 Å². The topological polar surface area (TPSA) is 42.2 Å². The fraction of sp³-hybridized carbons (Fsp3) is 0.647. The van der Waals surface area contributed by atoms with Crippen LogP contribution in [0.5, 0.6) is 0 Å². The zero-order valence-electron chi connectivity index (χ0n) is 13.6. The minimum atomic E-state index is 0.695. The van der Waals surface area contributed by atoms with E-state index in [-0.39, 0.29) is 0 Å². The Balaban J connectivity index is 1.69. The summed E-state index contributed by atoms with van der Waals surface area (Å²) < 4.78 is 5.91. The smallest absolute Gasteiger partial charge is 0.257 e. The molecule has 0 atom stereocenters. The van der Waals surface area contributed by atoms with Gasteiger partial charge in [-0.05, 0) is 56.8 Å². The lowest BCUT2D eigenvalue weighted by Crippen LogP contribution is -2.24. The van der Waals surface area contributed by atoms with Crippen molar-refractivity contribution < 1.29 is 4.42 Å². The third-order valence-electron chi connectivity index (χ3n) is 4.31. The lowest BCUT2D eigenvalue weighted by Gasteiger charge is -2.17. The molecule has 5 heteroatoms. The van der Waals surface area contributed by atoms with E-state index >= 15 is 0 Å². The molecular formula is C17H25N3OS. The normalized spacial score (nSPS) is 14.5. The highest BCUT2D eigenvalue weighted by Crippen LogP contribution is 2.35. The maximum absolute atomic E-state index is 5.91. The van der Waals surface area contributed by atoms with Gasteiger partial charge in [0, 0.05) is 4.88 Å². The van der Waals surface area contributed by atoms with Gasteiger partial charge in [-0.3, -0.25) is 4.90 Å². The van der Waals surface area contributed by atoms with Crippen LogP contribution in [-0.2, 0) is 19.4 Å². The van der Waals surface area contributed by atoms with Gasteiger partial charge in [0.1, 0.15) is 0 Å². The summed E-state index contributed by atoms with van der Waals surface area (Å²) in [4.78, 5) is 5.02. The molecule has 0 saturated carbocycles. The SMILES string of the molecule is CCCCN(CC)Cc1nnc(-c2cc3c(s2)CCCC3)o1. The Morgan fingerprint density at radius 3 is 2.86 bits per heavy atom. The molecule has 22 heavy (non-hydrogen) atoms. The van der Waals surface area contributed by atoms with Crippen molar-refractivity contribution in [3.05, 3.63) is 22.4 Å². The predicted octanol–water partition coefficient (Wildman–Crippen LogP) is 4.30. The van der Waals surface area contributed by atoms with E-state index in [2.05, 4.69) is 35.0 Å². The van der Waals surface area contributed by atoms with E-state index in [0.717, 1.165) is 30.4 Å². The average molecular weight is 319 g/mol. The highest BCUT2D eigenvalue weighted by atomic mass is 32.1. The van der Waals surface area contributed by atoms with Gasteiger partial charge in [0.2, 0.25) is 5.89 Å². The fourth-order valence-corrected chi connectivity index (χ4v) is 4.11. The third kappa shape index (κ3) is 3.58. The first kappa shape index (κ1) is 15.7. The summed E-state index contributed by atoms with van der Waals surface area (Å²) in [7, 11) is 0. The zero-order valence-corrected chi connectivity index (χ0v) is 14.4. The first-order valence-corrected chi connectivity index (χ1v) is 9.28. The second-order valence-electron chi connectivity index (χ2n) is 5.99. The minimum absolute atomic E-state index is 0.695. The molecule has 0 unspecified atom stereocenters. The summed E-state index contributed by atoms with van der Waals surface area (Å²) in [6.07, 6.45) is 7.46. The van der Waals surface area contributed by atoms with Crippen molar-refractivity contribution in [1.29, 1.82) is 0 Å². The molecule has 0 aliphatic heterocycles. The van der Waals surface area contributed by atoms with Gasteiger partial charge in [0.25, 0.3) is 5.89 Å². The van der Waals surface area contributed by atoms with Crippen LogP contribution >= 0.6 is 11.3 Å². The molecule has 1 aliphatic carbocycles. The molecule has 2 aromatic rings. The van der Waals surface area contributed by atoms with Crippen molar-refractivity contribution in [3.63, 3.8) is 0 Å². The van der Waals surface area contributed by atoms with Crippen LogP contribution in [0, 0.1) is 0 Å². The Labute approximate surface area is 136 Å². The zero-order chi connectivity index (χ0) is 15.4. The molecule has 120 valence electrons. The van der Waals surface area contributed by atoms with Crippen LogP contribution in [-0.4, -0.2) is 28.2 Å². The average Bonchev–Trinajstić information content (AvgIpc) is 3.17. The molecule has 0 radical (unpaired) electrons. The monoisotopic (exact) mass is 319 g/mol. The van der Waals surface area contributed by atoms with Gasteiger partial charge >= 0.3 is 0 Å². The number of aromatic nitrogens is 2. The van der Waals surface area contributed by atoms with Crippen molar-refractivity contribution in [3.8, 4) is 10.8 Å². The molecule has 1 aliphatic rings. The molecule has 0 spiro atoms. The number of fused-ring (bicyclic) bond motifs is 1. The van der Waals surface area contributed by atoms with E-state index in [9.17, 15) is 0 Å². The number of hydrogen-bond acceptors (Lipinski definition) is 5. The summed E-state index contributed by atoms with van der Waals surface area (Å²) in [6.45, 7) is 7.27. The highest BCUT2D eigenvalue weighted by Gasteiger charge is 2.18. The Hall–Kier alpha value is -1.20. The second kappa shape index (κ2) is 7.38. The first-order chi connectivity index (χ1) is 10.8. The van der Waals surface area contributed by atoms with Crippen molar-refractivity contribution in [2.75, 3.05) is 13.1 Å². The van der Waals surface area contributed by atoms with Crippen LogP contribution in [0.4, 0.5) is 0 Å². The van der Waals surface area contributed by atoms with E-state index in [0.29, 0.717) is 5.89 Å². The molecule has 0 bridgehead atoms. The number of unbranched alkanes of at least 4 members (excludes halogenated alkanes) is 1. The number of hydrogen-bond donors (Lipinski definition) is 0. The van der Waals surface area contributed by atoms with Gasteiger partial charge in [-0.1, -0.05) is 20.3 Å². The van der Waals surface area contributed by atoms with Crippen molar-refractivity contribution >= 4 is 11.3 Å². The fourth-order valence-electron chi connectivity index (χ4n) is 2.94. The van der Waals surface area contributed by atoms with Gasteiger partial charge in [-0.25, -0.2) is 0 Å². The lowest BCUT2D eigenvalue weighted by atomic mass is 9.99. The second-order valence-corrected chi connectivity index (χ2v) is 7.13. The van der Waals surface area contributed by atoms with Crippen molar-refractivity contribution in [2.45, 2.75) is 58.9 Å². The maximum atomic E-state index is 5.91. The summed E-state index contributed by atoms with van der Waals surface area (Å²) >= 11 is 1.83. The molecule has 3 rings (SSSR count). The van der Waals surface area contributed by atoms with Crippen LogP contribution in [0.2, 0.25) is 0 Å². The van der Waals surface area contributed by atoms with Gasteiger partial charge in [-0.15, -0.1) is 21.5 Å². The lowest BCUT2D eigenvalue weighted by molar-refractivity contribution is 0.248. The van der Waals surface area contributed by atoms with Crippen LogP contribution < -0.4 is 0 Å². The van der Waals surface area contributed by atoms with Crippen LogP contribution in [0.1, 0.15) is 55.9 Å². The number of thiophene rings is 1. The largest absolute Gasteiger partial charge is 0.419 e. The molecule has 4 nitrogen and oxygen atoms in total. The van der Waals surface area contributed by atoms with E-state index in [4.69, 9.17) is 4.42 Å². The summed E-state index contributed by atoms with van der Waals surface area (Å²) in [5.74, 6) is 1.43. The Morgan fingerprint density at radius 2 is 2.09 bits per heavy atom. The third-order valence-corrected chi connectivity index (χ3v) is 5.53. The minimum Gasteiger partial charge on any atom is -0.419 e. The quantitative estimate of drug-likeness (QED) is 0.763. The first-order valence-electron chi connectivity index (χ1n) is 8.46. The molecule has 0 aromatic carbocycles. The van der Waals surface area contributed by atoms with Crippen molar-refractivity contribution in [2.24, 2.45) is 0 Å². The van der Waals surface area contributed by atoms with E-state index in [1.165, 1.54) is 49.0 Å². The number of rotatable bonds is 7. The van der Waals surface area contributed by atoms with Crippen LogP contribution in [0.3, 0.4) is 0 Å². The Bertz CT molecular complexity index is 581. The highest BCUT2D eigenvalue weighted by molar-refractivity contribution is 7.15. The summed E-state index contributed by atoms with van der Waals surface area (Å²) in [5, 5.41) is 8.51. The summed E-state index contributed by atoms with van der Waals surface area (Å²) in [5.41, 5.74) is 1.49. The Kier molecular flexibility index (Phi) is 5.26. The standard InChI is InChI=1S/C17H25N3OS/c1-3-5-10-20(4-2)12-16-18-19-17(21-16)15-11-13-8-6-7-9-14(13)22-15/h11H,3-10,12H2,1-2H3. The molecule has 0 fully saturated rings. The maximum Gasteiger partial charge on any atom is 0.257 e. The molecule has 0 N–H and O–H groups in total. The van der Waals surface area contributed by atoms with E-state index < -0.39 is 0 Å². The van der Waals surface area contributed by atoms with E-state index in [1.807, 2.05) is 11.3 Å². The van der Waals surface area contributed by atoms with Crippen molar-refractivity contribution in [1.82, 2.24) is 15.1 Å². The predicted molar refractivity (Wildman–Crippen MR) is 90.1 cm³/mol. The van der Waals surface area contributed by atoms with Gasteiger partial charge in [0.05, 0.1) is 11.4 Å². The number of aryl methyl sites for hydroxylation is 2.